The van der Waals surface area contributed by atoms with Gasteiger partial charge in [-0.05, 0) is 37.9 Å². The minimum atomic E-state index is -4.15. The van der Waals surface area contributed by atoms with Crippen LogP contribution in [0.5, 0.6) is 5.75 Å². The summed E-state index contributed by atoms with van der Waals surface area (Å²) in [7, 11) is 0. The first-order valence-electron chi connectivity index (χ1n) is 7.01. The highest BCUT2D eigenvalue weighted by Crippen LogP contribution is 2.23. The van der Waals surface area contributed by atoms with Gasteiger partial charge in [-0.1, -0.05) is 0 Å². The Balaban J connectivity index is 1.77. The van der Waals surface area contributed by atoms with Gasteiger partial charge in [0.25, 0.3) is 5.91 Å². The lowest BCUT2D eigenvalue weighted by molar-refractivity contribution is -0.148. The lowest BCUT2D eigenvalue weighted by atomic mass is 9.98. The van der Waals surface area contributed by atoms with Gasteiger partial charge < -0.3 is 10.5 Å². The Bertz CT molecular complexity index is 514. The average molecular weight is 317 g/mol. The molecule has 1 aromatic rings. The number of aromatic nitrogens is 1. The molecule has 0 bridgehead atoms. The molecule has 0 unspecified atom stereocenters. The summed E-state index contributed by atoms with van der Waals surface area (Å²) in [6, 6.07) is 3.08. The minimum Gasteiger partial charge on any atom is -0.493 e. The third-order valence-electron chi connectivity index (χ3n) is 3.58. The quantitative estimate of drug-likeness (QED) is 0.899. The number of hydrogen-bond acceptors (Lipinski definition) is 4. The van der Waals surface area contributed by atoms with Crippen molar-refractivity contribution in [3.05, 3.63) is 24.0 Å². The number of ether oxygens (including phenoxy) is 1. The number of pyridine rings is 1. The first-order chi connectivity index (χ1) is 10.3. The molecule has 0 aliphatic carbocycles. The first-order valence-corrected chi connectivity index (χ1v) is 7.01. The number of rotatable bonds is 5. The highest BCUT2D eigenvalue weighted by Gasteiger charge is 2.32. The Hall–Kier alpha value is -1.83. The Morgan fingerprint density at radius 3 is 2.68 bits per heavy atom. The van der Waals surface area contributed by atoms with Gasteiger partial charge in [0.1, 0.15) is 11.4 Å². The third kappa shape index (κ3) is 5.18. The molecule has 122 valence electrons. The lowest BCUT2D eigenvalue weighted by Gasteiger charge is -2.32. The van der Waals surface area contributed by atoms with E-state index in [2.05, 4.69) is 4.98 Å². The van der Waals surface area contributed by atoms with Gasteiger partial charge in [-0.2, -0.15) is 13.2 Å². The van der Waals surface area contributed by atoms with Crippen LogP contribution in [-0.2, 0) is 0 Å². The zero-order valence-corrected chi connectivity index (χ0v) is 12.0. The Morgan fingerprint density at radius 1 is 1.41 bits per heavy atom. The van der Waals surface area contributed by atoms with Crippen LogP contribution in [0.1, 0.15) is 23.3 Å². The smallest absolute Gasteiger partial charge is 0.401 e. The fourth-order valence-electron chi connectivity index (χ4n) is 2.41. The number of amides is 1. The zero-order valence-electron chi connectivity index (χ0n) is 12.0. The topological polar surface area (TPSA) is 68.5 Å². The largest absolute Gasteiger partial charge is 0.493 e. The molecule has 2 rings (SSSR count). The first kappa shape index (κ1) is 16.5. The van der Waals surface area contributed by atoms with Gasteiger partial charge in [-0.15, -0.1) is 0 Å². The number of hydrogen-bond donors (Lipinski definition) is 1. The summed E-state index contributed by atoms with van der Waals surface area (Å²) in [5.41, 5.74) is 5.26. The van der Waals surface area contributed by atoms with Crippen LogP contribution in [0.3, 0.4) is 0 Å². The van der Waals surface area contributed by atoms with Crippen LogP contribution in [0.4, 0.5) is 13.2 Å². The van der Waals surface area contributed by atoms with Crippen molar-refractivity contribution in [3.63, 3.8) is 0 Å². The molecule has 1 saturated heterocycles. The molecule has 1 amide bonds. The van der Waals surface area contributed by atoms with Gasteiger partial charge >= 0.3 is 6.18 Å². The van der Waals surface area contributed by atoms with E-state index in [0.717, 1.165) is 0 Å². The predicted molar refractivity (Wildman–Crippen MR) is 73.5 cm³/mol. The molecule has 0 atom stereocenters. The van der Waals surface area contributed by atoms with E-state index in [0.29, 0.717) is 38.3 Å². The summed E-state index contributed by atoms with van der Waals surface area (Å²) >= 11 is 0. The molecule has 2 heterocycles. The van der Waals surface area contributed by atoms with Gasteiger partial charge in [0.05, 0.1) is 13.2 Å². The molecule has 1 aliphatic heterocycles. The number of carbonyl (C=O) groups excluding carboxylic acids is 1. The van der Waals surface area contributed by atoms with Gasteiger partial charge in [0.2, 0.25) is 0 Å². The fraction of sp³-hybridized carbons (Fsp3) is 0.571. The monoisotopic (exact) mass is 317 g/mol. The van der Waals surface area contributed by atoms with Crippen molar-refractivity contribution in [1.29, 1.82) is 0 Å². The third-order valence-corrected chi connectivity index (χ3v) is 3.58. The second kappa shape index (κ2) is 6.95. The van der Waals surface area contributed by atoms with Gasteiger partial charge in [-0.25, -0.2) is 0 Å². The molecule has 1 aromatic heterocycles. The summed E-state index contributed by atoms with van der Waals surface area (Å²) in [4.78, 5) is 16.2. The van der Waals surface area contributed by atoms with E-state index in [4.69, 9.17) is 10.5 Å². The number of nitrogens with zero attached hydrogens (tertiary/aromatic N) is 2. The van der Waals surface area contributed by atoms with E-state index >= 15 is 0 Å². The number of piperidine rings is 1. The van der Waals surface area contributed by atoms with Gasteiger partial charge in [0.15, 0.2) is 0 Å². The van der Waals surface area contributed by atoms with Crippen LogP contribution in [0.2, 0.25) is 0 Å². The highest BCUT2D eigenvalue weighted by atomic mass is 19.4. The summed E-state index contributed by atoms with van der Waals surface area (Å²) in [5.74, 6) is 0.0575. The minimum absolute atomic E-state index is 0.123. The fourth-order valence-corrected chi connectivity index (χ4v) is 2.41. The Morgan fingerprint density at radius 2 is 2.09 bits per heavy atom. The number of carbonyl (C=O) groups is 1. The van der Waals surface area contributed by atoms with Crippen molar-refractivity contribution in [1.82, 2.24) is 9.88 Å². The molecule has 8 heteroatoms. The lowest BCUT2D eigenvalue weighted by Crippen LogP contribution is -2.41. The van der Waals surface area contributed by atoms with E-state index in [-0.39, 0.29) is 11.6 Å². The maximum absolute atomic E-state index is 12.3. The molecule has 2 N–H and O–H groups in total. The van der Waals surface area contributed by atoms with Crippen LogP contribution < -0.4 is 10.5 Å². The van der Waals surface area contributed by atoms with Crippen LogP contribution in [-0.4, -0.2) is 48.2 Å². The number of likely N-dealkylation sites (tertiary alicyclic amines) is 1. The van der Waals surface area contributed by atoms with Crippen LogP contribution >= 0.6 is 0 Å². The van der Waals surface area contributed by atoms with Crippen LogP contribution in [0, 0.1) is 5.92 Å². The van der Waals surface area contributed by atoms with E-state index in [9.17, 15) is 18.0 Å². The van der Waals surface area contributed by atoms with E-state index < -0.39 is 18.6 Å². The van der Waals surface area contributed by atoms with Crippen molar-refractivity contribution in [2.75, 3.05) is 26.2 Å². The molecule has 1 aliphatic rings. The summed E-state index contributed by atoms with van der Waals surface area (Å²) in [6.07, 6.45) is -1.40. The second-order valence-electron chi connectivity index (χ2n) is 5.39. The second-order valence-corrected chi connectivity index (χ2v) is 5.39. The summed E-state index contributed by atoms with van der Waals surface area (Å²) in [6.45, 7) is 0.377. The van der Waals surface area contributed by atoms with Crippen molar-refractivity contribution < 1.29 is 22.7 Å². The average Bonchev–Trinajstić information content (AvgIpc) is 2.45. The Labute approximate surface area is 126 Å². The SMILES string of the molecule is NC(=O)c1cc(OCC2CCN(CC(F)(F)F)CC2)ccn1. The molecular weight excluding hydrogens is 299 g/mol. The standard InChI is InChI=1S/C14H18F3N3O2/c15-14(16,17)9-20-5-2-10(3-6-20)8-22-11-1-4-19-12(7-11)13(18)21/h1,4,7,10H,2-3,5-6,8-9H2,(H2,18,21). The van der Waals surface area contributed by atoms with Crippen molar-refractivity contribution in [2.24, 2.45) is 11.7 Å². The molecule has 0 saturated carbocycles. The van der Waals surface area contributed by atoms with E-state index in [1.807, 2.05) is 0 Å². The molecule has 0 spiro atoms. The van der Waals surface area contributed by atoms with Crippen molar-refractivity contribution in [2.45, 2.75) is 19.0 Å². The van der Waals surface area contributed by atoms with E-state index in [1.165, 1.54) is 17.2 Å². The Kier molecular flexibility index (Phi) is 5.23. The molecule has 1 fully saturated rings. The zero-order chi connectivity index (χ0) is 16.2. The summed E-state index contributed by atoms with van der Waals surface area (Å²) in [5, 5.41) is 0. The molecular formula is C14H18F3N3O2. The maximum Gasteiger partial charge on any atom is 0.401 e. The van der Waals surface area contributed by atoms with Gasteiger partial charge in [-0.3, -0.25) is 14.7 Å². The number of halogens is 3. The van der Waals surface area contributed by atoms with Crippen molar-refractivity contribution >= 4 is 5.91 Å². The molecule has 0 aromatic carbocycles. The summed E-state index contributed by atoms with van der Waals surface area (Å²) < 4.78 is 42.5. The van der Waals surface area contributed by atoms with E-state index in [1.54, 1.807) is 6.07 Å². The van der Waals surface area contributed by atoms with Gasteiger partial charge in [0, 0.05) is 12.3 Å². The number of primary amides is 1. The molecule has 0 radical (unpaired) electrons. The maximum atomic E-state index is 12.3. The predicted octanol–water partition coefficient (Wildman–Crippen LogP) is 1.83. The van der Waals surface area contributed by atoms with Crippen molar-refractivity contribution in [3.8, 4) is 5.75 Å². The van der Waals surface area contributed by atoms with Crippen LogP contribution in [0.25, 0.3) is 0 Å². The van der Waals surface area contributed by atoms with Crippen LogP contribution in [0.15, 0.2) is 18.3 Å². The molecule has 22 heavy (non-hydrogen) atoms. The molecule has 5 nitrogen and oxygen atoms in total. The highest BCUT2D eigenvalue weighted by molar-refractivity contribution is 5.91. The normalized spacial score (nSPS) is 17.4. The number of alkyl halides is 3. The number of nitrogens with two attached hydrogens (primary N) is 1.